The van der Waals surface area contributed by atoms with Gasteiger partial charge >= 0.3 is 0 Å². The van der Waals surface area contributed by atoms with Crippen molar-refractivity contribution in [2.75, 3.05) is 0 Å². The van der Waals surface area contributed by atoms with Crippen LogP contribution in [0.25, 0.3) is 0 Å². The molecule has 1 aromatic carbocycles. The first-order valence-corrected chi connectivity index (χ1v) is 8.09. The molecule has 4 nitrogen and oxygen atoms in total. The number of nitrogens with two attached hydrogens (primary N) is 1. The lowest BCUT2D eigenvalue weighted by atomic mass is 10.2. The number of hydrogen-bond donors (Lipinski definition) is 1. The predicted molar refractivity (Wildman–Crippen MR) is 75.3 cm³/mol. The Kier molecular flexibility index (Phi) is 5.19. The second kappa shape index (κ2) is 6.04. The zero-order valence-electron chi connectivity index (χ0n) is 10.7. The van der Waals surface area contributed by atoms with E-state index >= 15 is 0 Å². The Balaban J connectivity index is 3.25. The van der Waals surface area contributed by atoms with E-state index in [1.807, 2.05) is 13.0 Å². The summed E-state index contributed by atoms with van der Waals surface area (Å²) in [5.41, 5.74) is 0.747. The van der Waals surface area contributed by atoms with E-state index in [9.17, 15) is 8.42 Å². The van der Waals surface area contributed by atoms with Crippen molar-refractivity contribution in [3.63, 3.8) is 0 Å². The summed E-state index contributed by atoms with van der Waals surface area (Å²) in [5.74, 6) is 0.349. The maximum atomic E-state index is 11.6. The Morgan fingerprint density at radius 2 is 2.06 bits per heavy atom. The van der Waals surface area contributed by atoms with E-state index in [1.165, 1.54) is 6.07 Å². The van der Waals surface area contributed by atoms with E-state index in [1.54, 1.807) is 6.92 Å². The number of aryl methyl sites for hydroxylation is 1. The molecule has 0 radical (unpaired) electrons. The van der Waals surface area contributed by atoms with E-state index in [4.69, 9.17) is 9.88 Å². The zero-order valence-corrected chi connectivity index (χ0v) is 13.1. The summed E-state index contributed by atoms with van der Waals surface area (Å²) >= 11 is 3.26. The number of sulfonamides is 1. The van der Waals surface area contributed by atoms with Gasteiger partial charge in [-0.05, 0) is 38.0 Å². The van der Waals surface area contributed by atoms with E-state index in [0.717, 1.165) is 18.4 Å². The molecular weight excluding hydrogens is 318 g/mol. The topological polar surface area (TPSA) is 69.4 Å². The molecule has 0 aliphatic carbocycles. The number of ether oxygens (including phenoxy) is 1. The quantitative estimate of drug-likeness (QED) is 0.899. The van der Waals surface area contributed by atoms with E-state index in [2.05, 4.69) is 22.9 Å². The Labute approximate surface area is 117 Å². The molecule has 1 rings (SSSR count). The van der Waals surface area contributed by atoms with Gasteiger partial charge in [0.25, 0.3) is 0 Å². The highest BCUT2D eigenvalue weighted by molar-refractivity contribution is 9.10. The first kappa shape index (κ1) is 15.5. The molecule has 6 heteroatoms. The summed E-state index contributed by atoms with van der Waals surface area (Å²) in [4.78, 5) is 0.0253. The van der Waals surface area contributed by atoms with Gasteiger partial charge in [0, 0.05) is 4.47 Å². The molecule has 0 amide bonds. The standard InChI is InChI=1S/C12H18BrNO3S/c1-4-5-9(3)17-12-8(2)6-10(13)7-11(12)18(14,15)16/h6-7,9H,4-5H2,1-3H3,(H2,14,15,16). The largest absolute Gasteiger partial charge is 0.489 e. The van der Waals surface area contributed by atoms with Crippen molar-refractivity contribution in [2.45, 2.75) is 44.6 Å². The van der Waals surface area contributed by atoms with Crippen LogP contribution in [0.3, 0.4) is 0 Å². The molecule has 18 heavy (non-hydrogen) atoms. The molecule has 0 aliphatic rings. The molecule has 0 spiro atoms. The summed E-state index contributed by atoms with van der Waals surface area (Å²) in [6.07, 6.45) is 1.79. The van der Waals surface area contributed by atoms with Gasteiger partial charge in [-0.3, -0.25) is 0 Å². The minimum absolute atomic E-state index is 0.0253. The summed E-state index contributed by atoms with van der Waals surface area (Å²) in [6.45, 7) is 5.76. The van der Waals surface area contributed by atoms with Gasteiger partial charge in [-0.15, -0.1) is 0 Å². The first-order valence-electron chi connectivity index (χ1n) is 5.75. The van der Waals surface area contributed by atoms with Crippen molar-refractivity contribution in [2.24, 2.45) is 5.14 Å². The summed E-state index contributed by atoms with van der Waals surface area (Å²) < 4.78 is 29.5. The summed E-state index contributed by atoms with van der Waals surface area (Å²) in [6, 6.07) is 3.28. The minimum atomic E-state index is -3.79. The van der Waals surface area contributed by atoms with Crippen molar-refractivity contribution < 1.29 is 13.2 Å². The monoisotopic (exact) mass is 335 g/mol. The lowest BCUT2D eigenvalue weighted by Gasteiger charge is -2.18. The highest BCUT2D eigenvalue weighted by Crippen LogP contribution is 2.32. The van der Waals surface area contributed by atoms with Crippen molar-refractivity contribution in [3.8, 4) is 5.75 Å². The van der Waals surface area contributed by atoms with Crippen molar-refractivity contribution in [1.29, 1.82) is 0 Å². The summed E-state index contributed by atoms with van der Waals surface area (Å²) in [5, 5.41) is 5.22. The number of halogens is 1. The van der Waals surface area contributed by atoms with Crippen LogP contribution in [-0.2, 0) is 10.0 Å². The molecule has 1 atom stereocenters. The van der Waals surface area contributed by atoms with E-state index in [0.29, 0.717) is 10.2 Å². The van der Waals surface area contributed by atoms with Gasteiger partial charge in [-0.25, -0.2) is 13.6 Å². The second-order valence-corrected chi connectivity index (χ2v) is 6.76. The Morgan fingerprint density at radius 3 is 2.56 bits per heavy atom. The van der Waals surface area contributed by atoms with Gasteiger partial charge in [-0.2, -0.15) is 0 Å². The van der Waals surface area contributed by atoms with Crippen LogP contribution in [0.1, 0.15) is 32.3 Å². The van der Waals surface area contributed by atoms with Gasteiger partial charge in [0.1, 0.15) is 10.6 Å². The van der Waals surface area contributed by atoms with Crippen LogP contribution in [-0.4, -0.2) is 14.5 Å². The smallest absolute Gasteiger partial charge is 0.241 e. The van der Waals surface area contributed by atoms with Crippen molar-refractivity contribution in [1.82, 2.24) is 0 Å². The van der Waals surface area contributed by atoms with Crippen LogP contribution in [0.2, 0.25) is 0 Å². The van der Waals surface area contributed by atoms with E-state index < -0.39 is 10.0 Å². The minimum Gasteiger partial charge on any atom is -0.489 e. The molecule has 0 saturated heterocycles. The van der Waals surface area contributed by atoms with Gasteiger partial charge in [0.2, 0.25) is 10.0 Å². The molecule has 0 aromatic heterocycles. The molecule has 0 bridgehead atoms. The van der Waals surface area contributed by atoms with Gasteiger partial charge < -0.3 is 4.74 Å². The fourth-order valence-electron chi connectivity index (χ4n) is 1.73. The molecule has 0 fully saturated rings. The van der Waals surface area contributed by atoms with Crippen molar-refractivity contribution in [3.05, 3.63) is 22.2 Å². The number of primary sulfonamides is 1. The SMILES string of the molecule is CCCC(C)Oc1c(C)cc(Br)cc1S(N)(=O)=O. The normalized spacial score (nSPS) is 13.4. The highest BCUT2D eigenvalue weighted by atomic mass is 79.9. The Bertz CT molecular complexity index is 528. The molecule has 0 heterocycles. The van der Waals surface area contributed by atoms with Crippen LogP contribution in [0.5, 0.6) is 5.75 Å². The lowest BCUT2D eigenvalue weighted by Crippen LogP contribution is -2.18. The third-order valence-electron chi connectivity index (χ3n) is 2.53. The lowest BCUT2D eigenvalue weighted by molar-refractivity contribution is 0.203. The van der Waals surface area contributed by atoms with Crippen LogP contribution in [0.4, 0.5) is 0 Å². The zero-order chi connectivity index (χ0) is 13.9. The maximum absolute atomic E-state index is 11.6. The van der Waals surface area contributed by atoms with Gasteiger partial charge in [-0.1, -0.05) is 29.3 Å². The third-order valence-corrected chi connectivity index (χ3v) is 3.90. The van der Waals surface area contributed by atoms with Crippen molar-refractivity contribution >= 4 is 26.0 Å². The maximum Gasteiger partial charge on any atom is 0.241 e. The predicted octanol–water partition coefficient (Wildman–Crippen LogP) is 2.97. The molecule has 1 unspecified atom stereocenters. The molecule has 0 aliphatic heterocycles. The van der Waals surface area contributed by atoms with Crippen LogP contribution in [0.15, 0.2) is 21.5 Å². The van der Waals surface area contributed by atoms with Gasteiger partial charge in [0.15, 0.2) is 0 Å². The van der Waals surface area contributed by atoms with Crippen LogP contribution in [0, 0.1) is 6.92 Å². The molecule has 0 saturated carbocycles. The first-order chi connectivity index (χ1) is 8.25. The fourth-order valence-corrected chi connectivity index (χ4v) is 3.21. The molecular formula is C12H18BrNO3S. The molecule has 2 N–H and O–H groups in total. The third kappa shape index (κ3) is 3.96. The number of benzene rings is 1. The van der Waals surface area contributed by atoms with Crippen LogP contribution >= 0.6 is 15.9 Å². The summed E-state index contributed by atoms with van der Waals surface area (Å²) in [7, 11) is -3.79. The second-order valence-electron chi connectivity index (χ2n) is 4.31. The average Bonchev–Trinajstić information content (AvgIpc) is 2.20. The van der Waals surface area contributed by atoms with E-state index in [-0.39, 0.29) is 11.0 Å². The number of hydrogen-bond acceptors (Lipinski definition) is 3. The van der Waals surface area contributed by atoms with Gasteiger partial charge in [0.05, 0.1) is 6.10 Å². The fraction of sp³-hybridized carbons (Fsp3) is 0.500. The van der Waals surface area contributed by atoms with Crippen LogP contribution < -0.4 is 9.88 Å². The molecule has 1 aromatic rings. The number of rotatable bonds is 5. The Morgan fingerprint density at radius 1 is 1.44 bits per heavy atom. The average molecular weight is 336 g/mol. The Hall–Kier alpha value is -0.590. The highest BCUT2D eigenvalue weighted by Gasteiger charge is 2.20. The molecule has 102 valence electrons.